The maximum absolute atomic E-state index is 13.3. The second-order valence-corrected chi connectivity index (χ2v) is 6.00. The maximum atomic E-state index is 13.3. The second-order valence-electron chi connectivity index (χ2n) is 6.00. The first kappa shape index (κ1) is 20.0. The Morgan fingerprint density at radius 1 is 1.21 bits per heavy atom. The van der Waals surface area contributed by atoms with Crippen LogP contribution in [-0.4, -0.2) is 40.1 Å². The molecule has 6 nitrogen and oxygen atoms in total. The lowest BCUT2D eigenvalue weighted by atomic mass is 9.76. The molecule has 1 rings (SSSR count). The SMILES string of the molecule is CCCC(CCC)(C(=O)N(CCO)Cc1ccccc1)/C(N)=N/O. The predicted octanol–water partition coefficient (Wildman–Crippen LogP) is 2.34. The van der Waals surface area contributed by atoms with E-state index >= 15 is 0 Å². The van der Waals surface area contributed by atoms with Crippen molar-refractivity contribution >= 4 is 11.7 Å². The largest absolute Gasteiger partial charge is 0.409 e. The van der Waals surface area contributed by atoms with Gasteiger partial charge in [-0.1, -0.05) is 62.2 Å². The molecule has 0 unspecified atom stereocenters. The zero-order valence-electron chi connectivity index (χ0n) is 14.6. The third-order valence-electron chi connectivity index (χ3n) is 4.23. The van der Waals surface area contributed by atoms with Crippen LogP contribution in [0.2, 0.25) is 0 Å². The average molecular weight is 335 g/mol. The standard InChI is InChI=1S/C18H29N3O3/c1-3-10-18(11-4-2,16(19)20-24)17(23)21(12-13-22)14-15-8-6-5-7-9-15/h5-9,22,24H,3-4,10-14H2,1-2H3,(H2,19,20). The molecule has 0 atom stereocenters. The van der Waals surface area contributed by atoms with Crippen LogP contribution in [0.5, 0.6) is 0 Å². The summed E-state index contributed by atoms with van der Waals surface area (Å²) in [6.45, 7) is 4.39. The van der Waals surface area contributed by atoms with Crippen LogP contribution in [0.4, 0.5) is 0 Å². The topological polar surface area (TPSA) is 99.2 Å². The maximum Gasteiger partial charge on any atom is 0.236 e. The Labute approximate surface area is 144 Å². The molecule has 0 saturated carbocycles. The molecule has 0 fully saturated rings. The predicted molar refractivity (Wildman–Crippen MR) is 94.6 cm³/mol. The zero-order chi connectivity index (χ0) is 18.0. The molecule has 0 bridgehead atoms. The van der Waals surface area contributed by atoms with E-state index in [0.29, 0.717) is 19.4 Å². The number of oxime groups is 1. The molecular formula is C18H29N3O3. The smallest absolute Gasteiger partial charge is 0.236 e. The molecule has 0 aliphatic rings. The average Bonchev–Trinajstić information content (AvgIpc) is 2.60. The normalized spacial score (nSPS) is 12.2. The van der Waals surface area contributed by atoms with E-state index in [1.165, 1.54) is 0 Å². The van der Waals surface area contributed by atoms with E-state index in [9.17, 15) is 15.1 Å². The van der Waals surface area contributed by atoms with Gasteiger partial charge in [-0.15, -0.1) is 0 Å². The molecule has 0 radical (unpaired) electrons. The van der Waals surface area contributed by atoms with E-state index in [1.807, 2.05) is 44.2 Å². The Bertz CT molecular complexity index is 526. The number of carbonyl (C=O) groups excluding carboxylic acids is 1. The summed E-state index contributed by atoms with van der Waals surface area (Å²) < 4.78 is 0. The number of nitrogens with zero attached hydrogens (tertiary/aromatic N) is 2. The molecule has 0 spiro atoms. The number of nitrogens with two attached hydrogens (primary N) is 1. The van der Waals surface area contributed by atoms with Gasteiger partial charge in [0.2, 0.25) is 5.91 Å². The summed E-state index contributed by atoms with van der Waals surface area (Å²) in [5.74, 6) is -0.244. The number of amidine groups is 1. The zero-order valence-corrected chi connectivity index (χ0v) is 14.6. The third-order valence-corrected chi connectivity index (χ3v) is 4.23. The lowest BCUT2D eigenvalue weighted by Crippen LogP contribution is -2.52. The van der Waals surface area contributed by atoms with Crippen molar-refractivity contribution in [3.05, 3.63) is 35.9 Å². The Morgan fingerprint density at radius 2 is 1.79 bits per heavy atom. The van der Waals surface area contributed by atoms with Gasteiger partial charge in [0.25, 0.3) is 0 Å². The van der Waals surface area contributed by atoms with Gasteiger partial charge in [0.15, 0.2) is 5.84 Å². The minimum atomic E-state index is -1.03. The van der Waals surface area contributed by atoms with Gasteiger partial charge < -0.3 is 20.9 Å². The first-order chi connectivity index (χ1) is 11.6. The fourth-order valence-corrected chi connectivity index (χ4v) is 3.13. The monoisotopic (exact) mass is 335 g/mol. The minimum absolute atomic E-state index is 0.0489. The third kappa shape index (κ3) is 4.71. The van der Waals surface area contributed by atoms with Crippen LogP contribution in [0.15, 0.2) is 35.5 Å². The highest BCUT2D eigenvalue weighted by Gasteiger charge is 2.43. The molecule has 1 amide bonds. The molecular weight excluding hydrogens is 306 g/mol. The van der Waals surface area contributed by atoms with Crippen LogP contribution >= 0.6 is 0 Å². The van der Waals surface area contributed by atoms with Crippen molar-refractivity contribution in [3.8, 4) is 0 Å². The Balaban J connectivity index is 3.18. The minimum Gasteiger partial charge on any atom is -0.409 e. The van der Waals surface area contributed by atoms with Gasteiger partial charge in [0, 0.05) is 13.1 Å². The number of rotatable bonds is 10. The van der Waals surface area contributed by atoms with Crippen LogP contribution in [0.25, 0.3) is 0 Å². The number of aliphatic hydroxyl groups excluding tert-OH is 1. The summed E-state index contributed by atoms with van der Waals surface area (Å²) in [5, 5.41) is 21.8. The Hall–Kier alpha value is -2.08. The van der Waals surface area contributed by atoms with E-state index in [4.69, 9.17) is 5.73 Å². The van der Waals surface area contributed by atoms with Gasteiger partial charge in [-0.25, -0.2) is 0 Å². The number of hydrogen-bond acceptors (Lipinski definition) is 4. The number of carbonyl (C=O) groups is 1. The van der Waals surface area contributed by atoms with Crippen molar-refractivity contribution in [2.24, 2.45) is 16.3 Å². The molecule has 134 valence electrons. The van der Waals surface area contributed by atoms with Crippen molar-refractivity contribution in [3.63, 3.8) is 0 Å². The molecule has 0 aliphatic carbocycles. The Kier molecular flexibility index (Phi) is 8.26. The first-order valence-corrected chi connectivity index (χ1v) is 8.47. The first-order valence-electron chi connectivity index (χ1n) is 8.47. The molecule has 4 N–H and O–H groups in total. The molecule has 0 saturated heterocycles. The molecule has 1 aromatic rings. The Morgan fingerprint density at radius 3 is 2.25 bits per heavy atom. The molecule has 1 aromatic carbocycles. The summed E-state index contributed by atoms with van der Waals surface area (Å²) >= 11 is 0. The van der Waals surface area contributed by atoms with Gasteiger partial charge in [-0.3, -0.25) is 4.79 Å². The highest BCUT2D eigenvalue weighted by atomic mass is 16.4. The van der Waals surface area contributed by atoms with Crippen molar-refractivity contribution < 1.29 is 15.1 Å². The van der Waals surface area contributed by atoms with Gasteiger partial charge in [0.05, 0.1) is 6.61 Å². The van der Waals surface area contributed by atoms with Gasteiger partial charge in [0.1, 0.15) is 5.41 Å². The van der Waals surface area contributed by atoms with Gasteiger partial charge in [-0.05, 0) is 18.4 Å². The van der Waals surface area contributed by atoms with Gasteiger partial charge >= 0.3 is 0 Å². The van der Waals surface area contributed by atoms with Gasteiger partial charge in [-0.2, -0.15) is 0 Å². The summed E-state index contributed by atoms with van der Waals surface area (Å²) in [5.41, 5.74) is 5.89. The van der Waals surface area contributed by atoms with E-state index in [0.717, 1.165) is 18.4 Å². The summed E-state index contributed by atoms with van der Waals surface area (Å²) in [6.07, 6.45) is 2.49. The highest BCUT2D eigenvalue weighted by Crippen LogP contribution is 2.33. The van der Waals surface area contributed by atoms with E-state index in [-0.39, 0.29) is 24.9 Å². The lowest BCUT2D eigenvalue weighted by molar-refractivity contribution is -0.140. The van der Waals surface area contributed by atoms with Crippen molar-refractivity contribution in [1.29, 1.82) is 0 Å². The van der Waals surface area contributed by atoms with Crippen LogP contribution in [0.3, 0.4) is 0 Å². The number of hydrogen-bond donors (Lipinski definition) is 3. The fraction of sp³-hybridized carbons (Fsp3) is 0.556. The summed E-state index contributed by atoms with van der Waals surface area (Å²) in [4.78, 5) is 14.9. The fourth-order valence-electron chi connectivity index (χ4n) is 3.13. The molecule has 0 aliphatic heterocycles. The number of benzene rings is 1. The van der Waals surface area contributed by atoms with E-state index in [2.05, 4.69) is 5.16 Å². The van der Waals surface area contributed by atoms with Crippen molar-refractivity contribution in [2.75, 3.05) is 13.2 Å². The molecule has 0 heterocycles. The van der Waals surface area contributed by atoms with Crippen molar-refractivity contribution in [2.45, 2.75) is 46.1 Å². The van der Waals surface area contributed by atoms with Crippen LogP contribution in [-0.2, 0) is 11.3 Å². The molecule has 6 heteroatoms. The van der Waals surface area contributed by atoms with E-state index in [1.54, 1.807) is 4.90 Å². The molecule has 24 heavy (non-hydrogen) atoms. The second kappa shape index (κ2) is 9.93. The number of amides is 1. The lowest BCUT2D eigenvalue weighted by Gasteiger charge is -2.36. The van der Waals surface area contributed by atoms with Crippen LogP contribution < -0.4 is 5.73 Å². The van der Waals surface area contributed by atoms with E-state index < -0.39 is 5.41 Å². The van der Waals surface area contributed by atoms with Crippen LogP contribution in [0.1, 0.15) is 45.1 Å². The number of aliphatic hydroxyl groups is 1. The van der Waals surface area contributed by atoms with Crippen molar-refractivity contribution in [1.82, 2.24) is 4.90 Å². The summed E-state index contributed by atoms with van der Waals surface area (Å²) in [7, 11) is 0. The highest BCUT2D eigenvalue weighted by molar-refractivity contribution is 6.06. The van der Waals surface area contributed by atoms with Crippen LogP contribution in [0, 0.1) is 5.41 Å². The quantitative estimate of drug-likeness (QED) is 0.264. The summed E-state index contributed by atoms with van der Waals surface area (Å²) in [6, 6.07) is 9.60. The molecule has 0 aromatic heterocycles.